The predicted octanol–water partition coefficient (Wildman–Crippen LogP) is 1.57. The van der Waals surface area contributed by atoms with E-state index in [9.17, 15) is 0 Å². The Morgan fingerprint density at radius 3 is 1.00 bits per heavy atom. The second-order valence-corrected chi connectivity index (χ2v) is 13.2. The second kappa shape index (κ2) is 9.67. The number of hydrogen-bond donors (Lipinski definition) is 0. The molecule has 0 aliphatic rings. The fourth-order valence-electron chi connectivity index (χ4n) is 0. The Morgan fingerprint density at radius 2 is 1.00 bits per heavy atom. The summed E-state index contributed by atoms with van der Waals surface area (Å²) in [7, 11) is 0. The summed E-state index contributed by atoms with van der Waals surface area (Å²) in [4.78, 5) is 0. The third kappa shape index (κ3) is 51.7. The van der Waals surface area contributed by atoms with Gasteiger partial charge in [-0.25, -0.2) is 0 Å². The first-order chi connectivity index (χ1) is 2.73. The standard InChI is InChI=1S/CH3Se.3CH3.Pb/c1-2;;;;/h1H3;3*1H3;. The third-order valence-electron chi connectivity index (χ3n) is 0. The van der Waals surface area contributed by atoms with Crippen molar-refractivity contribution in [3.63, 3.8) is 0 Å². The molecule has 0 aliphatic heterocycles. The zero-order chi connectivity index (χ0) is 5.58. The molecule has 0 rings (SSSR count). The van der Waals surface area contributed by atoms with Gasteiger partial charge in [-0.1, -0.05) is 0 Å². The van der Waals surface area contributed by atoms with Gasteiger partial charge in [0.25, 0.3) is 0 Å². The molecule has 0 bridgehead atoms. The zero-order valence-corrected chi connectivity index (χ0v) is 10.5. The van der Waals surface area contributed by atoms with Crippen molar-refractivity contribution < 1.29 is 0 Å². The molecule has 0 aromatic heterocycles. The summed E-state index contributed by atoms with van der Waals surface area (Å²) < 4.78 is 7.14. The fraction of sp³-hybridized carbons (Fsp3) is 1.00. The molecule has 0 atom stereocenters. The van der Waals surface area contributed by atoms with Crippen LogP contribution in [0.2, 0.25) is 19.3 Å². The van der Waals surface area contributed by atoms with E-state index < -0.39 is 22.7 Å². The summed E-state index contributed by atoms with van der Waals surface area (Å²) in [5, 5.41) is 0. The van der Waals surface area contributed by atoms with Crippen molar-refractivity contribution >= 4 is 38.7 Å². The Kier molecular flexibility index (Phi) is 16.8. The minimum absolute atomic E-state index is 0.657. The third-order valence-corrected chi connectivity index (χ3v) is 0. The minimum atomic E-state index is -0.657. The molecule has 0 saturated heterocycles. The van der Waals surface area contributed by atoms with Crippen LogP contribution in [-0.4, -0.2) is 38.7 Å². The molecular weight excluding hydrogens is 334 g/mol. The molecule has 0 aromatic carbocycles. The van der Waals surface area contributed by atoms with E-state index in [2.05, 4.69) is 29.5 Å². The van der Waals surface area contributed by atoms with Crippen LogP contribution >= 0.6 is 0 Å². The van der Waals surface area contributed by atoms with E-state index in [1.54, 1.807) is 0 Å². The molecule has 0 fully saturated rings. The van der Waals surface area contributed by atoms with Crippen molar-refractivity contribution in [3.8, 4) is 0 Å². The van der Waals surface area contributed by atoms with Crippen LogP contribution in [0.4, 0.5) is 0 Å². The van der Waals surface area contributed by atoms with E-state index >= 15 is 0 Å². The van der Waals surface area contributed by atoms with E-state index in [-0.39, 0.29) is 0 Å². The van der Waals surface area contributed by atoms with Crippen LogP contribution < -0.4 is 0 Å². The molecule has 0 saturated carbocycles. The molecule has 2 radical (unpaired) electrons. The molecule has 0 aromatic rings. The molecule has 0 aliphatic carbocycles. The van der Waals surface area contributed by atoms with E-state index in [4.69, 9.17) is 0 Å². The van der Waals surface area contributed by atoms with Gasteiger partial charge in [-0.15, -0.1) is 0 Å². The molecule has 0 N–H and O–H groups in total. The van der Waals surface area contributed by atoms with Gasteiger partial charge in [0, 0.05) is 0 Å². The summed E-state index contributed by atoms with van der Waals surface area (Å²) in [6.07, 6.45) is 0. The van der Waals surface area contributed by atoms with Crippen LogP contribution in [0.1, 0.15) is 0 Å². The average molecular weight is 346 g/mol. The molecule has 38 valence electrons. The number of hydrogen-bond acceptors (Lipinski definition) is 0. The quantitative estimate of drug-likeness (QED) is 0.584. The summed E-state index contributed by atoms with van der Waals surface area (Å²) >= 11 is 1.97. The first-order valence-corrected chi connectivity index (χ1v) is 15.3. The number of rotatable bonds is 0. The van der Waals surface area contributed by atoms with Gasteiger partial charge in [-0.05, 0) is 0 Å². The van der Waals surface area contributed by atoms with Gasteiger partial charge in [-0.3, -0.25) is 0 Å². The van der Waals surface area contributed by atoms with Gasteiger partial charge >= 0.3 is 58.0 Å². The summed E-state index contributed by atoms with van der Waals surface area (Å²) in [6.45, 7) is 0. The van der Waals surface area contributed by atoms with Crippen LogP contribution in [0.5, 0.6) is 0 Å². The van der Waals surface area contributed by atoms with E-state index in [1.807, 2.05) is 5.82 Å². The molecule has 0 spiro atoms. The zero-order valence-electron chi connectivity index (χ0n) is 4.91. The fourth-order valence-corrected chi connectivity index (χ4v) is 0. The van der Waals surface area contributed by atoms with Crippen molar-refractivity contribution in [2.75, 3.05) is 0 Å². The summed E-state index contributed by atoms with van der Waals surface area (Å²) in [6, 6.07) is 0. The van der Waals surface area contributed by atoms with Gasteiger partial charge in [0.2, 0.25) is 0 Å². The molecule has 0 unspecified atom stereocenters. The molecule has 0 amide bonds. The van der Waals surface area contributed by atoms with Crippen LogP contribution in [-0.2, 0) is 0 Å². The van der Waals surface area contributed by atoms with Gasteiger partial charge in [0.1, 0.15) is 0 Å². The molecule has 2 heteroatoms. The Balaban J connectivity index is 0. The Bertz CT molecular complexity index is 12.3. The molecule has 0 nitrogen and oxygen atoms in total. The van der Waals surface area contributed by atoms with E-state index in [0.29, 0.717) is 0 Å². The van der Waals surface area contributed by atoms with Gasteiger partial charge in [0.05, 0.1) is 0 Å². The van der Waals surface area contributed by atoms with Crippen LogP contribution in [0, 0.1) is 0 Å². The molecule has 0 heterocycles. The van der Waals surface area contributed by atoms with Crippen molar-refractivity contribution in [1.29, 1.82) is 0 Å². The van der Waals surface area contributed by atoms with Crippen LogP contribution in [0.15, 0.2) is 0 Å². The Hall–Kier alpha value is 1.44. The van der Waals surface area contributed by atoms with Crippen molar-refractivity contribution in [3.05, 3.63) is 0 Å². The van der Waals surface area contributed by atoms with Crippen LogP contribution in [0.3, 0.4) is 0 Å². The predicted molar refractivity (Wildman–Crippen MR) is 35.0 cm³/mol. The topological polar surface area (TPSA) is 0 Å². The first kappa shape index (κ1) is 10.4. The van der Waals surface area contributed by atoms with Crippen molar-refractivity contribution in [1.82, 2.24) is 0 Å². The molecular formula is C4H12PbSe. The maximum atomic E-state index is 2.62. The Morgan fingerprint density at radius 1 is 1.00 bits per heavy atom. The van der Waals surface area contributed by atoms with Crippen molar-refractivity contribution in [2.45, 2.75) is 19.3 Å². The SMILES string of the molecule is C[Se].[CH3][Pb]([CH3])[CH3]. The molecule has 6 heavy (non-hydrogen) atoms. The second-order valence-electron chi connectivity index (χ2n) is 1.50. The first-order valence-electron chi connectivity index (χ1n) is 1.91. The monoisotopic (exact) mass is 348 g/mol. The van der Waals surface area contributed by atoms with E-state index in [1.165, 1.54) is 0 Å². The average Bonchev–Trinajstić information content (AvgIpc) is 1.41. The maximum absolute atomic E-state index is 2.62. The van der Waals surface area contributed by atoms with Gasteiger partial charge in [0.15, 0.2) is 0 Å². The van der Waals surface area contributed by atoms with Crippen LogP contribution in [0.25, 0.3) is 0 Å². The normalized spacial score (nSPS) is 7.00. The Labute approximate surface area is 57.6 Å². The van der Waals surface area contributed by atoms with Gasteiger partial charge < -0.3 is 0 Å². The van der Waals surface area contributed by atoms with Gasteiger partial charge in [-0.2, -0.15) is 0 Å². The van der Waals surface area contributed by atoms with Crippen molar-refractivity contribution in [2.24, 2.45) is 0 Å². The summed E-state index contributed by atoms with van der Waals surface area (Å²) in [5.41, 5.74) is 0. The summed E-state index contributed by atoms with van der Waals surface area (Å²) in [5.74, 6) is 1.88. The van der Waals surface area contributed by atoms with E-state index in [0.717, 1.165) is 0 Å².